The highest BCUT2D eigenvalue weighted by atomic mass is 28.3. The molecule has 1 aliphatic rings. The monoisotopic (exact) mass is 978 g/mol. The predicted molar refractivity (Wildman–Crippen MR) is 311 cm³/mol. The molecule has 1 N–H and O–H groups in total. The summed E-state index contributed by atoms with van der Waals surface area (Å²) in [6.07, 6.45) is 1.92. The van der Waals surface area contributed by atoms with E-state index in [1.807, 2.05) is 6.20 Å². The Morgan fingerprint density at radius 1 is 0.493 bits per heavy atom. The summed E-state index contributed by atoms with van der Waals surface area (Å²) in [5.41, 5.74) is 15.9. The highest BCUT2D eigenvalue weighted by Crippen LogP contribution is 2.46. The Balaban J connectivity index is 1.19. The number of pyridine rings is 1. The molecule has 370 valence electrons. The van der Waals surface area contributed by atoms with Crippen molar-refractivity contribution >= 4 is 30.1 Å². The van der Waals surface area contributed by atoms with E-state index in [0.29, 0.717) is 5.82 Å². The molecule has 2 aromatic heterocycles. The van der Waals surface area contributed by atoms with Crippen molar-refractivity contribution in [2.45, 2.75) is 91.7 Å². The number of piperazine rings is 1. The molecule has 0 unspecified atom stereocenters. The summed E-state index contributed by atoms with van der Waals surface area (Å²) in [6.45, 7) is 29.0. The number of phenols is 1. The number of phenolic OH excluding ortho intramolecular Hbond substituents is 1. The zero-order chi connectivity index (χ0) is 51.5. The summed E-state index contributed by atoms with van der Waals surface area (Å²) in [7, 11) is -1.82. The molecule has 1 fully saturated rings. The third-order valence-corrected chi connectivity index (χ3v) is 19.0. The average Bonchev–Trinajstić information content (AvgIpc) is 3.78. The van der Waals surface area contributed by atoms with Crippen LogP contribution in [0.1, 0.15) is 79.0 Å². The van der Waals surface area contributed by atoms with Crippen LogP contribution in [0.5, 0.6) is 5.75 Å². The molecule has 6 nitrogen and oxygen atoms in total. The molecule has 7 heteroatoms. The third-order valence-electron chi connectivity index (χ3n) is 15.2. The smallest absolute Gasteiger partial charge is 0.154 e. The first-order valence-electron chi connectivity index (χ1n) is 26.1. The Morgan fingerprint density at radius 2 is 1.11 bits per heavy atom. The minimum absolute atomic E-state index is 0.151. The minimum atomic E-state index is -1.82. The van der Waals surface area contributed by atoms with Gasteiger partial charge < -0.3 is 14.6 Å². The lowest BCUT2D eigenvalue weighted by molar-refractivity contribution is 0.392. The number of aromatic nitrogens is 3. The van der Waals surface area contributed by atoms with E-state index in [1.54, 1.807) is 0 Å². The summed E-state index contributed by atoms with van der Waals surface area (Å²) in [4.78, 5) is 13.3. The number of anilines is 1. The van der Waals surface area contributed by atoms with Gasteiger partial charge in [0.2, 0.25) is 0 Å². The Kier molecular flexibility index (Phi) is 12.9. The van der Waals surface area contributed by atoms with Gasteiger partial charge in [0.1, 0.15) is 11.6 Å². The van der Waals surface area contributed by atoms with E-state index in [1.165, 1.54) is 16.4 Å². The molecule has 1 saturated heterocycles. The van der Waals surface area contributed by atoms with Crippen LogP contribution in [0, 0.1) is 0 Å². The zero-order valence-electron chi connectivity index (χ0n) is 44.8. The fourth-order valence-electron chi connectivity index (χ4n) is 10.6. The van der Waals surface area contributed by atoms with E-state index >= 15 is 0 Å². The molecule has 3 heterocycles. The van der Waals surface area contributed by atoms with E-state index < -0.39 is 8.24 Å². The van der Waals surface area contributed by atoms with E-state index in [0.717, 1.165) is 104 Å². The Morgan fingerprint density at radius 3 is 1.75 bits per heavy atom. The lowest BCUT2D eigenvalue weighted by Crippen LogP contribution is -2.63. The van der Waals surface area contributed by atoms with E-state index in [9.17, 15) is 5.11 Å². The van der Waals surface area contributed by atoms with Gasteiger partial charge in [0.15, 0.2) is 8.24 Å². The van der Waals surface area contributed by atoms with Crippen molar-refractivity contribution in [1.29, 1.82) is 0 Å². The predicted octanol–water partition coefficient (Wildman–Crippen LogP) is 15.6. The Hall–Kier alpha value is -7.06. The molecule has 0 bridgehead atoms. The van der Waals surface area contributed by atoms with Gasteiger partial charge in [-0.1, -0.05) is 191 Å². The van der Waals surface area contributed by atoms with E-state index in [-0.39, 0.29) is 22.0 Å². The quantitative estimate of drug-likeness (QED) is 0.146. The summed E-state index contributed by atoms with van der Waals surface area (Å²) in [5, 5.41) is 14.2. The van der Waals surface area contributed by atoms with E-state index in [4.69, 9.17) is 9.97 Å². The van der Waals surface area contributed by atoms with Gasteiger partial charge in [-0.25, -0.2) is 4.98 Å². The number of para-hydroxylation sites is 1. The molecule has 0 saturated carbocycles. The van der Waals surface area contributed by atoms with Crippen molar-refractivity contribution in [2.24, 2.45) is 0 Å². The van der Waals surface area contributed by atoms with Crippen LogP contribution in [0.25, 0.3) is 72.7 Å². The van der Waals surface area contributed by atoms with Gasteiger partial charge in [-0.15, -0.1) is 0 Å². The standard InChI is InChI=1S/C66H71N5OSi/c1-64(2,3)50-39-48(38-49(40-50)58-41-47(32-33-67-58)45-22-15-12-16-23-45)54-28-21-29-60-61(54)68-63(56-42-51(65(4,5)6)43-57(62(56)72)66(7,8)9)71(60)59-31-30-52(44-55(59)46-24-17-13-18-25-46)69-34-36-70(37-35-69)73(10,11)53-26-19-14-20-27-53/h12-33,38-44,72H,34-37H2,1-11H3. The van der Waals surface area contributed by atoms with Crippen LogP contribution in [0.2, 0.25) is 13.1 Å². The number of benzene rings is 7. The van der Waals surface area contributed by atoms with Gasteiger partial charge >= 0.3 is 0 Å². The molecular weight excluding hydrogens is 907 g/mol. The van der Waals surface area contributed by atoms with Crippen LogP contribution in [0.15, 0.2) is 176 Å². The largest absolute Gasteiger partial charge is 0.507 e. The van der Waals surface area contributed by atoms with Gasteiger partial charge in [0.05, 0.1) is 28.0 Å². The van der Waals surface area contributed by atoms with Crippen molar-refractivity contribution in [1.82, 2.24) is 19.1 Å². The van der Waals surface area contributed by atoms with Gasteiger partial charge in [-0.05, 0) is 109 Å². The maximum absolute atomic E-state index is 12.7. The molecule has 0 atom stereocenters. The number of aromatic hydroxyl groups is 1. The average molecular weight is 978 g/mol. The number of hydrogen-bond acceptors (Lipinski definition) is 5. The maximum atomic E-state index is 12.7. The van der Waals surface area contributed by atoms with Crippen molar-refractivity contribution < 1.29 is 5.11 Å². The molecule has 0 amide bonds. The summed E-state index contributed by atoms with van der Waals surface area (Å²) in [5.74, 6) is 0.963. The molecule has 9 aromatic rings. The molecule has 0 radical (unpaired) electrons. The molecule has 1 aliphatic heterocycles. The van der Waals surface area contributed by atoms with Crippen molar-refractivity contribution in [3.63, 3.8) is 0 Å². The SMILES string of the molecule is CC(C)(C)c1cc(-c2cc(-c3ccccc3)ccn2)cc(-c2cccc3c2nc(-c2cc(C(C)(C)C)cc(C(C)(C)C)c2O)n3-c2ccc(N3CCN([Si](C)(C)c4ccccc4)CC3)cc2-c2ccccc2)c1. The van der Waals surface area contributed by atoms with Crippen LogP contribution < -0.4 is 10.1 Å². The molecule has 10 rings (SSSR count). The fraction of sp³-hybridized carbons (Fsp3) is 0.273. The molecule has 7 aromatic carbocycles. The normalized spacial score (nSPS) is 14.0. The second-order valence-electron chi connectivity index (χ2n) is 23.7. The molecule has 0 spiro atoms. The highest BCUT2D eigenvalue weighted by Gasteiger charge is 2.35. The molecular formula is C66H71N5OSi. The summed E-state index contributed by atoms with van der Waals surface area (Å²) in [6, 6.07) is 61.6. The number of imidazole rings is 1. The second kappa shape index (κ2) is 19.1. The fourth-order valence-corrected chi connectivity index (χ4v) is 13.3. The van der Waals surface area contributed by atoms with Gasteiger partial charge in [-0.3, -0.25) is 9.55 Å². The first-order valence-corrected chi connectivity index (χ1v) is 29.0. The number of fused-ring (bicyclic) bond motifs is 1. The Bertz CT molecular complexity index is 3440. The number of nitrogens with zero attached hydrogens (tertiary/aromatic N) is 5. The van der Waals surface area contributed by atoms with E-state index in [2.05, 4.69) is 259 Å². The van der Waals surface area contributed by atoms with Crippen molar-refractivity contribution in [3.05, 3.63) is 193 Å². The summed E-state index contributed by atoms with van der Waals surface area (Å²) >= 11 is 0. The lowest BCUT2D eigenvalue weighted by Gasteiger charge is -2.44. The van der Waals surface area contributed by atoms with Crippen LogP contribution in [-0.2, 0) is 16.2 Å². The second-order valence-corrected chi connectivity index (χ2v) is 28.0. The van der Waals surface area contributed by atoms with Crippen LogP contribution in [0.3, 0.4) is 0 Å². The Labute approximate surface area is 435 Å². The topological polar surface area (TPSA) is 57.4 Å². The first-order chi connectivity index (χ1) is 34.8. The zero-order valence-corrected chi connectivity index (χ0v) is 45.8. The van der Waals surface area contributed by atoms with Crippen LogP contribution in [0.4, 0.5) is 5.69 Å². The van der Waals surface area contributed by atoms with Crippen LogP contribution >= 0.6 is 0 Å². The van der Waals surface area contributed by atoms with Gasteiger partial charge in [0, 0.05) is 60.3 Å². The van der Waals surface area contributed by atoms with Gasteiger partial charge in [-0.2, -0.15) is 0 Å². The highest BCUT2D eigenvalue weighted by molar-refractivity contribution is 6.87. The maximum Gasteiger partial charge on any atom is 0.154 e. The molecule has 73 heavy (non-hydrogen) atoms. The number of rotatable bonds is 9. The number of hydrogen-bond donors (Lipinski definition) is 1. The first kappa shape index (κ1) is 49.5. The molecule has 0 aliphatic carbocycles. The third kappa shape index (κ3) is 9.81. The lowest BCUT2D eigenvalue weighted by atomic mass is 9.79. The van der Waals surface area contributed by atoms with Crippen molar-refractivity contribution in [3.8, 4) is 67.5 Å². The minimum Gasteiger partial charge on any atom is -0.507 e. The summed E-state index contributed by atoms with van der Waals surface area (Å²) < 4.78 is 5.08. The van der Waals surface area contributed by atoms with Gasteiger partial charge in [0.25, 0.3) is 0 Å². The van der Waals surface area contributed by atoms with Crippen LogP contribution in [-0.4, -0.2) is 58.6 Å². The van der Waals surface area contributed by atoms with Crippen molar-refractivity contribution in [2.75, 3.05) is 31.1 Å².